The highest BCUT2D eigenvalue weighted by atomic mass is 79.9. The summed E-state index contributed by atoms with van der Waals surface area (Å²) in [5.41, 5.74) is 1.87. The normalized spacial score (nSPS) is 19.5. The van der Waals surface area contributed by atoms with Gasteiger partial charge in [-0.1, -0.05) is 15.9 Å². The number of benzene rings is 1. The molecule has 1 fully saturated rings. The van der Waals surface area contributed by atoms with Crippen LogP contribution in [0.25, 0.3) is 0 Å². The first-order valence-electron chi connectivity index (χ1n) is 6.66. The number of likely N-dealkylation sites (tertiary alicyclic amines) is 1. The SMILES string of the molecule is COCC1CCCN(C(=O)c2ccc(Br)c(C)c2)C1. The van der Waals surface area contributed by atoms with Gasteiger partial charge < -0.3 is 9.64 Å². The van der Waals surface area contributed by atoms with Crippen molar-refractivity contribution in [3.8, 4) is 0 Å². The van der Waals surface area contributed by atoms with Gasteiger partial charge in [0.2, 0.25) is 0 Å². The van der Waals surface area contributed by atoms with Gasteiger partial charge in [0.05, 0.1) is 6.61 Å². The molecule has 0 aliphatic carbocycles. The lowest BCUT2D eigenvalue weighted by Gasteiger charge is -2.32. The number of methoxy groups -OCH3 is 1. The van der Waals surface area contributed by atoms with E-state index in [-0.39, 0.29) is 5.91 Å². The number of rotatable bonds is 3. The van der Waals surface area contributed by atoms with E-state index in [1.54, 1.807) is 7.11 Å². The lowest BCUT2D eigenvalue weighted by Crippen LogP contribution is -2.41. The second-order valence-electron chi connectivity index (χ2n) is 5.18. The van der Waals surface area contributed by atoms with Gasteiger partial charge in [0.1, 0.15) is 0 Å². The van der Waals surface area contributed by atoms with Crippen LogP contribution in [-0.2, 0) is 4.74 Å². The van der Waals surface area contributed by atoms with Crippen LogP contribution in [0.4, 0.5) is 0 Å². The van der Waals surface area contributed by atoms with Crippen LogP contribution in [0.3, 0.4) is 0 Å². The summed E-state index contributed by atoms with van der Waals surface area (Å²) < 4.78 is 6.25. The second kappa shape index (κ2) is 6.53. The van der Waals surface area contributed by atoms with E-state index in [1.165, 1.54) is 0 Å². The summed E-state index contributed by atoms with van der Waals surface area (Å²) in [5.74, 6) is 0.607. The van der Waals surface area contributed by atoms with E-state index in [2.05, 4.69) is 15.9 Å². The van der Waals surface area contributed by atoms with Gasteiger partial charge >= 0.3 is 0 Å². The molecule has 3 nitrogen and oxygen atoms in total. The fourth-order valence-corrected chi connectivity index (χ4v) is 2.83. The Kier molecular flexibility index (Phi) is 4.99. The highest BCUT2D eigenvalue weighted by Crippen LogP contribution is 2.21. The molecule has 1 aromatic carbocycles. The monoisotopic (exact) mass is 325 g/mol. The summed E-state index contributed by atoms with van der Waals surface area (Å²) in [6.45, 7) is 4.41. The number of carbonyl (C=O) groups is 1. The minimum absolute atomic E-state index is 0.136. The Hall–Kier alpha value is -0.870. The van der Waals surface area contributed by atoms with Gasteiger partial charge in [0, 0.05) is 30.2 Å². The third-order valence-electron chi connectivity index (χ3n) is 3.61. The smallest absolute Gasteiger partial charge is 0.253 e. The molecule has 1 unspecified atom stereocenters. The number of halogens is 1. The number of ether oxygens (including phenoxy) is 1. The molecule has 0 N–H and O–H groups in total. The van der Waals surface area contributed by atoms with Crippen molar-refractivity contribution < 1.29 is 9.53 Å². The Bertz CT molecular complexity index is 459. The van der Waals surface area contributed by atoms with Crippen LogP contribution in [0.5, 0.6) is 0 Å². The van der Waals surface area contributed by atoms with Crippen molar-refractivity contribution in [2.75, 3.05) is 26.8 Å². The van der Waals surface area contributed by atoms with Gasteiger partial charge in [-0.05, 0) is 49.4 Å². The van der Waals surface area contributed by atoms with E-state index in [9.17, 15) is 4.79 Å². The molecule has 0 radical (unpaired) electrons. The maximum Gasteiger partial charge on any atom is 0.253 e. The molecule has 19 heavy (non-hydrogen) atoms. The van der Waals surface area contributed by atoms with Crippen molar-refractivity contribution in [2.45, 2.75) is 19.8 Å². The van der Waals surface area contributed by atoms with Gasteiger partial charge in [-0.25, -0.2) is 0 Å². The molecule has 1 atom stereocenters. The minimum atomic E-state index is 0.136. The van der Waals surface area contributed by atoms with Gasteiger partial charge in [-0.15, -0.1) is 0 Å². The Labute approximate surface area is 123 Å². The lowest BCUT2D eigenvalue weighted by molar-refractivity contribution is 0.0571. The molecule has 0 bridgehead atoms. The highest BCUT2D eigenvalue weighted by molar-refractivity contribution is 9.10. The molecule has 1 aliphatic heterocycles. The molecule has 104 valence electrons. The largest absolute Gasteiger partial charge is 0.384 e. The van der Waals surface area contributed by atoms with E-state index in [4.69, 9.17) is 4.74 Å². The van der Waals surface area contributed by atoms with Crippen LogP contribution in [0.2, 0.25) is 0 Å². The molecule has 1 amide bonds. The summed E-state index contributed by atoms with van der Waals surface area (Å²) in [5, 5.41) is 0. The predicted octanol–water partition coefficient (Wildman–Crippen LogP) is 3.26. The average molecular weight is 326 g/mol. The maximum absolute atomic E-state index is 12.5. The average Bonchev–Trinajstić information content (AvgIpc) is 2.42. The molecular weight excluding hydrogens is 306 g/mol. The van der Waals surface area contributed by atoms with Gasteiger partial charge in [-0.2, -0.15) is 0 Å². The Morgan fingerprint density at radius 2 is 2.32 bits per heavy atom. The zero-order valence-corrected chi connectivity index (χ0v) is 13.1. The number of nitrogens with zero attached hydrogens (tertiary/aromatic N) is 1. The van der Waals surface area contributed by atoms with Crippen molar-refractivity contribution >= 4 is 21.8 Å². The predicted molar refractivity (Wildman–Crippen MR) is 79.4 cm³/mol. The van der Waals surface area contributed by atoms with Crippen LogP contribution in [0.15, 0.2) is 22.7 Å². The fourth-order valence-electron chi connectivity index (χ4n) is 2.58. The zero-order chi connectivity index (χ0) is 13.8. The number of hydrogen-bond acceptors (Lipinski definition) is 2. The first kappa shape index (κ1) is 14.5. The summed E-state index contributed by atoms with van der Waals surface area (Å²) >= 11 is 3.46. The summed E-state index contributed by atoms with van der Waals surface area (Å²) in [6, 6.07) is 5.78. The first-order chi connectivity index (χ1) is 9.11. The highest BCUT2D eigenvalue weighted by Gasteiger charge is 2.24. The van der Waals surface area contributed by atoms with Crippen LogP contribution < -0.4 is 0 Å². The Balaban J connectivity index is 2.08. The third-order valence-corrected chi connectivity index (χ3v) is 4.50. The lowest BCUT2D eigenvalue weighted by atomic mass is 9.98. The van der Waals surface area contributed by atoms with E-state index in [1.807, 2.05) is 30.0 Å². The van der Waals surface area contributed by atoms with Gasteiger partial charge in [-0.3, -0.25) is 4.79 Å². The van der Waals surface area contributed by atoms with Crippen molar-refractivity contribution in [1.29, 1.82) is 0 Å². The number of hydrogen-bond donors (Lipinski definition) is 0. The van der Waals surface area contributed by atoms with E-state index >= 15 is 0 Å². The molecule has 1 aliphatic rings. The Morgan fingerprint density at radius 3 is 3.00 bits per heavy atom. The molecule has 0 aromatic heterocycles. The van der Waals surface area contributed by atoms with Crippen molar-refractivity contribution in [2.24, 2.45) is 5.92 Å². The summed E-state index contributed by atoms with van der Waals surface area (Å²) in [7, 11) is 1.72. The van der Waals surface area contributed by atoms with Crippen LogP contribution in [-0.4, -0.2) is 37.6 Å². The minimum Gasteiger partial charge on any atom is -0.384 e. The third kappa shape index (κ3) is 3.57. The summed E-state index contributed by atoms with van der Waals surface area (Å²) in [6.07, 6.45) is 2.21. The van der Waals surface area contributed by atoms with Crippen molar-refractivity contribution in [3.63, 3.8) is 0 Å². The topological polar surface area (TPSA) is 29.5 Å². The molecule has 2 rings (SSSR count). The number of carbonyl (C=O) groups excluding carboxylic acids is 1. The molecule has 1 heterocycles. The number of aryl methyl sites for hydroxylation is 1. The van der Waals surface area contributed by atoms with E-state index < -0.39 is 0 Å². The molecule has 1 aromatic rings. The van der Waals surface area contributed by atoms with Crippen LogP contribution in [0, 0.1) is 12.8 Å². The zero-order valence-electron chi connectivity index (χ0n) is 11.5. The fraction of sp³-hybridized carbons (Fsp3) is 0.533. The number of amides is 1. The van der Waals surface area contributed by atoms with E-state index in [0.29, 0.717) is 5.92 Å². The first-order valence-corrected chi connectivity index (χ1v) is 7.45. The quantitative estimate of drug-likeness (QED) is 0.853. The van der Waals surface area contributed by atoms with Crippen molar-refractivity contribution in [3.05, 3.63) is 33.8 Å². The van der Waals surface area contributed by atoms with E-state index in [0.717, 1.165) is 48.1 Å². The molecular formula is C15H20BrNO2. The standard InChI is InChI=1S/C15H20BrNO2/c1-11-8-13(5-6-14(11)16)15(18)17-7-3-4-12(9-17)10-19-2/h5-6,8,12H,3-4,7,9-10H2,1-2H3. The number of piperidine rings is 1. The second-order valence-corrected chi connectivity index (χ2v) is 6.03. The van der Waals surface area contributed by atoms with Crippen LogP contribution >= 0.6 is 15.9 Å². The Morgan fingerprint density at radius 1 is 1.53 bits per heavy atom. The molecule has 0 saturated carbocycles. The molecule has 0 spiro atoms. The molecule has 4 heteroatoms. The maximum atomic E-state index is 12.5. The molecule has 1 saturated heterocycles. The van der Waals surface area contributed by atoms with Gasteiger partial charge in [0.25, 0.3) is 5.91 Å². The van der Waals surface area contributed by atoms with Gasteiger partial charge in [0.15, 0.2) is 0 Å². The van der Waals surface area contributed by atoms with Crippen molar-refractivity contribution in [1.82, 2.24) is 4.90 Å². The summed E-state index contributed by atoms with van der Waals surface area (Å²) in [4.78, 5) is 14.4. The van der Waals surface area contributed by atoms with Crippen LogP contribution in [0.1, 0.15) is 28.8 Å².